The van der Waals surface area contributed by atoms with E-state index in [2.05, 4.69) is 10.2 Å². The minimum atomic E-state index is -0.520. The maximum atomic E-state index is 12.8. The van der Waals surface area contributed by atoms with Crippen molar-refractivity contribution in [3.05, 3.63) is 62.1 Å². The number of hydrazine groups is 1. The summed E-state index contributed by atoms with van der Waals surface area (Å²) in [6.45, 7) is -0.262. The summed E-state index contributed by atoms with van der Waals surface area (Å²) in [4.78, 5) is 36.9. The normalized spacial score (nSPS) is 14.5. The standard InChI is InChI=1S/C21H17IN2O6S2/c1-28-15-9-12(8-14(22)18(15)30-11-17(25)29-2)10-16-20(27)24(21(31)32-16)23-19(26)13-6-4-3-5-7-13/h3-10H,11H2,1-2H3,(H,23,26)/b16-10+. The number of thioether (sulfide) groups is 1. The predicted molar refractivity (Wildman–Crippen MR) is 132 cm³/mol. The van der Waals surface area contributed by atoms with Crippen LogP contribution in [0.1, 0.15) is 15.9 Å². The fraction of sp³-hybridized carbons (Fsp3) is 0.143. The van der Waals surface area contributed by atoms with E-state index in [0.717, 1.165) is 16.8 Å². The highest BCUT2D eigenvalue weighted by Gasteiger charge is 2.34. The Bertz CT molecular complexity index is 1110. The van der Waals surface area contributed by atoms with Crippen molar-refractivity contribution in [2.24, 2.45) is 0 Å². The van der Waals surface area contributed by atoms with Crippen LogP contribution < -0.4 is 14.9 Å². The molecule has 1 N–H and O–H groups in total. The zero-order valence-corrected chi connectivity index (χ0v) is 20.7. The molecule has 1 aliphatic rings. The van der Waals surface area contributed by atoms with Crippen LogP contribution in [0.2, 0.25) is 0 Å². The Kier molecular flexibility index (Phi) is 8.10. The maximum Gasteiger partial charge on any atom is 0.343 e. The molecule has 2 aromatic rings. The fourth-order valence-corrected chi connectivity index (χ4v) is 4.58. The minimum Gasteiger partial charge on any atom is -0.493 e. The number of carbonyl (C=O) groups excluding carboxylic acids is 3. The monoisotopic (exact) mass is 584 g/mol. The van der Waals surface area contributed by atoms with Crippen LogP contribution in [-0.4, -0.2) is 47.9 Å². The van der Waals surface area contributed by atoms with Gasteiger partial charge in [-0.3, -0.25) is 15.0 Å². The molecule has 0 unspecified atom stereocenters. The molecule has 2 amide bonds. The Morgan fingerprint density at radius 1 is 1.22 bits per heavy atom. The first-order valence-electron chi connectivity index (χ1n) is 9.05. The summed E-state index contributed by atoms with van der Waals surface area (Å²) in [5.74, 6) is -0.623. The van der Waals surface area contributed by atoms with Crippen LogP contribution in [0.3, 0.4) is 0 Å². The van der Waals surface area contributed by atoms with Gasteiger partial charge >= 0.3 is 5.97 Å². The smallest absolute Gasteiger partial charge is 0.343 e. The van der Waals surface area contributed by atoms with Crippen LogP contribution in [0.4, 0.5) is 0 Å². The van der Waals surface area contributed by atoms with Gasteiger partial charge in [0.1, 0.15) is 0 Å². The highest BCUT2D eigenvalue weighted by Crippen LogP contribution is 2.37. The van der Waals surface area contributed by atoms with Crippen molar-refractivity contribution < 1.29 is 28.6 Å². The second-order valence-corrected chi connectivity index (χ2v) is 9.06. The Labute approximate surface area is 207 Å². The summed E-state index contributed by atoms with van der Waals surface area (Å²) < 4.78 is 16.3. The van der Waals surface area contributed by atoms with E-state index in [-0.39, 0.29) is 10.9 Å². The van der Waals surface area contributed by atoms with Crippen LogP contribution in [0.25, 0.3) is 6.08 Å². The van der Waals surface area contributed by atoms with Crippen molar-refractivity contribution in [3.8, 4) is 11.5 Å². The zero-order chi connectivity index (χ0) is 23.3. The number of amides is 2. The summed E-state index contributed by atoms with van der Waals surface area (Å²) in [5, 5.41) is 1.05. The number of nitrogens with one attached hydrogen (secondary N) is 1. The first kappa shape index (κ1) is 24.0. The topological polar surface area (TPSA) is 94.2 Å². The van der Waals surface area contributed by atoms with E-state index >= 15 is 0 Å². The number of rotatable bonds is 7. The number of hydrogen-bond acceptors (Lipinski definition) is 8. The molecule has 11 heteroatoms. The molecule has 3 rings (SSSR count). The molecular formula is C21H17IN2O6S2. The zero-order valence-electron chi connectivity index (χ0n) is 16.9. The van der Waals surface area contributed by atoms with E-state index in [1.54, 1.807) is 48.5 Å². The molecule has 0 aliphatic carbocycles. The highest BCUT2D eigenvalue weighted by molar-refractivity contribution is 14.1. The van der Waals surface area contributed by atoms with Gasteiger partial charge in [0.05, 0.1) is 22.7 Å². The molecule has 1 heterocycles. The number of methoxy groups -OCH3 is 2. The lowest BCUT2D eigenvalue weighted by molar-refractivity contribution is -0.143. The molecule has 1 fully saturated rings. The van der Waals surface area contributed by atoms with Gasteiger partial charge in [0, 0.05) is 5.56 Å². The average molecular weight is 584 g/mol. The Morgan fingerprint density at radius 3 is 2.59 bits per heavy atom. The van der Waals surface area contributed by atoms with Crippen molar-refractivity contribution in [2.75, 3.05) is 20.8 Å². The van der Waals surface area contributed by atoms with E-state index in [1.807, 2.05) is 22.6 Å². The molecule has 32 heavy (non-hydrogen) atoms. The molecule has 8 nitrogen and oxygen atoms in total. The van der Waals surface area contributed by atoms with Gasteiger partial charge in [-0.15, -0.1) is 0 Å². The van der Waals surface area contributed by atoms with Gasteiger partial charge in [0.25, 0.3) is 11.8 Å². The summed E-state index contributed by atoms with van der Waals surface area (Å²) in [6, 6.07) is 12.0. The maximum absolute atomic E-state index is 12.8. The number of benzene rings is 2. The van der Waals surface area contributed by atoms with Crippen molar-refractivity contribution in [2.45, 2.75) is 0 Å². The Balaban J connectivity index is 1.80. The van der Waals surface area contributed by atoms with E-state index in [4.69, 9.17) is 21.7 Å². The third-order valence-corrected chi connectivity index (χ3v) is 6.26. The third kappa shape index (κ3) is 5.58. The number of esters is 1. The SMILES string of the molecule is COC(=O)COc1c(I)cc(/C=C2/SC(=S)N(NC(=O)c3ccccc3)C2=O)cc1OC. The minimum absolute atomic E-state index is 0.213. The molecule has 0 saturated carbocycles. The van der Waals surface area contributed by atoms with Crippen molar-refractivity contribution in [1.82, 2.24) is 10.4 Å². The number of halogens is 1. The van der Waals surface area contributed by atoms with Crippen LogP contribution in [0, 0.1) is 3.57 Å². The number of hydrogen-bond donors (Lipinski definition) is 1. The van der Waals surface area contributed by atoms with Gasteiger partial charge in [0.15, 0.2) is 22.4 Å². The molecule has 1 aliphatic heterocycles. The Morgan fingerprint density at radius 2 is 1.94 bits per heavy atom. The molecule has 0 radical (unpaired) electrons. The summed E-state index contributed by atoms with van der Waals surface area (Å²) in [6.07, 6.45) is 1.64. The molecule has 0 bridgehead atoms. The van der Waals surface area contributed by atoms with Gasteiger partial charge in [-0.1, -0.05) is 30.0 Å². The van der Waals surface area contributed by atoms with E-state index < -0.39 is 17.8 Å². The van der Waals surface area contributed by atoms with Gasteiger partial charge in [0.2, 0.25) is 0 Å². The summed E-state index contributed by atoms with van der Waals surface area (Å²) in [5.41, 5.74) is 3.61. The second-order valence-electron chi connectivity index (χ2n) is 6.22. The second kappa shape index (κ2) is 10.8. The third-order valence-electron chi connectivity index (χ3n) is 4.15. The molecule has 1 saturated heterocycles. The number of carbonyl (C=O) groups is 3. The summed E-state index contributed by atoms with van der Waals surface area (Å²) >= 11 is 8.39. The highest BCUT2D eigenvalue weighted by atomic mass is 127. The van der Waals surface area contributed by atoms with E-state index in [9.17, 15) is 14.4 Å². The van der Waals surface area contributed by atoms with Crippen LogP contribution in [0.5, 0.6) is 11.5 Å². The van der Waals surface area contributed by atoms with Gasteiger partial charge < -0.3 is 14.2 Å². The van der Waals surface area contributed by atoms with Gasteiger partial charge in [-0.05, 0) is 70.7 Å². The van der Waals surface area contributed by atoms with E-state index in [0.29, 0.717) is 31.1 Å². The molecule has 2 aromatic carbocycles. The van der Waals surface area contributed by atoms with Crippen LogP contribution >= 0.6 is 46.6 Å². The molecule has 166 valence electrons. The van der Waals surface area contributed by atoms with Crippen molar-refractivity contribution in [3.63, 3.8) is 0 Å². The predicted octanol–water partition coefficient (Wildman–Crippen LogP) is 3.40. The molecule has 0 spiro atoms. The lowest BCUT2D eigenvalue weighted by Gasteiger charge is -2.15. The molecule has 0 aromatic heterocycles. The molecule has 0 atom stereocenters. The van der Waals surface area contributed by atoms with Crippen molar-refractivity contribution >= 4 is 74.8 Å². The lowest BCUT2D eigenvalue weighted by atomic mass is 10.2. The van der Waals surface area contributed by atoms with Crippen LogP contribution in [0.15, 0.2) is 47.4 Å². The first-order valence-corrected chi connectivity index (χ1v) is 11.4. The molecular weight excluding hydrogens is 567 g/mol. The number of thiocarbonyl (C=S) groups is 1. The van der Waals surface area contributed by atoms with Gasteiger partial charge in [-0.2, -0.15) is 5.01 Å². The number of nitrogens with zero attached hydrogens (tertiary/aromatic N) is 1. The Hall–Kier alpha value is -2.64. The van der Waals surface area contributed by atoms with Crippen LogP contribution in [-0.2, 0) is 14.3 Å². The largest absolute Gasteiger partial charge is 0.493 e. The van der Waals surface area contributed by atoms with Gasteiger partial charge in [-0.25, -0.2) is 4.79 Å². The van der Waals surface area contributed by atoms with E-state index in [1.165, 1.54) is 14.2 Å². The summed E-state index contributed by atoms with van der Waals surface area (Å²) in [7, 11) is 2.74. The average Bonchev–Trinajstić information content (AvgIpc) is 3.05. The first-order chi connectivity index (χ1) is 15.3. The quantitative estimate of drug-likeness (QED) is 0.229. The lowest BCUT2D eigenvalue weighted by Crippen LogP contribution is -2.44. The fourth-order valence-electron chi connectivity index (χ4n) is 2.62. The van der Waals surface area contributed by atoms with Crippen molar-refractivity contribution in [1.29, 1.82) is 0 Å². The number of ether oxygens (including phenoxy) is 3.